The van der Waals surface area contributed by atoms with Crippen LogP contribution in [0.4, 0.5) is 18.9 Å². The molecule has 2 saturated heterocycles. The third kappa shape index (κ3) is 4.99. The molecule has 5 atom stereocenters. The van der Waals surface area contributed by atoms with E-state index in [2.05, 4.69) is 26.5 Å². The quantitative estimate of drug-likeness (QED) is 0.212. The molecule has 1 spiro atoms. The molecule has 1 aromatic carbocycles. The van der Waals surface area contributed by atoms with E-state index in [1.165, 1.54) is 5.56 Å². The van der Waals surface area contributed by atoms with Gasteiger partial charge in [0.15, 0.2) is 11.3 Å². The lowest BCUT2D eigenvalue weighted by Crippen LogP contribution is -2.44. The molecule has 48 heavy (non-hydrogen) atoms. The molecule has 2 aliphatic heterocycles. The molecule has 3 N–H and O–H groups in total. The van der Waals surface area contributed by atoms with Crippen LogP contribution in [0.3, 0.4) is 0 Å². The van der Waals surface area contributed by atoms with Gasteiger partial charge in [-0.15, -0.1) is 0 Å². The molecule has 0 unspecified atom stereocenters. The van der Waals surface area contributed by atoms with Gasteiger partial charge in [0.1, 0.15) is 18.0 Å². The number of nitrogens with one attached hydrogen (secondary N) is 1. The highest BCUT2D eigenvalue weighted by Crippen LogP contribution is 2.54. The van der Waals surface area contributed by atoms with E-state index in [1.54, 1.807) is 17.9 Å². The van der Waals surface area contributed by atoms with E-state index in [9.17, 15) is 13.2 Å². The summed E-state index contributed by atoms with van der Waals surface area (Å²) in [5.41, 5.74) is 13.3. The Morgan fingerprint density at radius 3 is 2.88 bits per heavy atom. The minimum atomic E-state index is -2.85. The number of ether oxygens (including phenoxy) is 1. The number of alkyl halides is 3. The van der Waals surface area contributed by atoms with E-state index in [0.717, 1.165) is 54.6 Å². The zero-order chi connectivity index (χ0) is 33.4. The Morgan fingerprint density at radius 1 is 1.25 bits per heavy atom. The molecule has 0 amide bonds. The van der Waals surface area contributed by atoms with Crippen LogP contribution in [-0.4, -0.2) is 88.8 Å². The number of anilines is 1. The Balaban J connectivity index is 1.25. The number of likely N-dealkylation sites (tertiary alicyclic amines) is 1. The SMILES string of the molecule is CN=Cc1c(N)ccc2c1[C@]1(CCCc3c(-c4cc5c(ncn5[C@@H]5CNCC(F)(F)C5)c(O[C@@H](C)[C@@H]5C[C@@H](F)CN5C)n4)noc31)CC2. The van der Waals surface area contributed by atoms with Gasteiger partial charge >= 0.3 is 0 Å². The van der Waals surface area contributed by atoms with Crippen LogP contribution in [0.25, 0.3) is 22.4 Å². The molecular formula is C35H41F3N8O2. The second kappa shape index (κ2) is 11.6. The molecule has 3 aromatic heterocycles. The number of aliphatic imine (C=N–C) groups is 1. The maximum absolute atomic E-state index is 14.6. The highest BCUT2D eigenvalue weighted by atomic mass is 19.3. The third-order valence-corrected chi connectivity index (χ3v) is 11.0. The number of piperidine rings is 1. The van der Waals surface area contributed by atoms with Crippen LogP contribution in [0.5, 0.6) is 5.88 Å². The Labute approximate surface area is 276 Å². The van der Waals surface area contributed by atoms with Crippen molar-refractivity contribution in [2.75, 3.05) is 39.5 Å². The zero-order valence-electron chi connectivity index (χ0n) is 27.5. The first kappa shape index (κ1) is 31.3. The fourth-order valence-electron chi connectivity index (χ4n) is 8.84. The molecule has 0 bridgehead atoms. The minimum Gasteiger partial charge on any atom is -0.471 e. The average molecular weight is 663 g/mol. The molecular weight excluding hydrogens is 621 g/mol. The summed E-state index contributed by atoms with van der Waals surface area (Å²) < 4.78 is 58.1. The monoisotopic (exact) mass is 662 g/mol. The number of pyridine rings is 1. The summed E-state index contributed by atoms with van der Waals surface area (Å²) in [4.78, 5) is 15.9. The van der Waals surface area contributed by atoms with Crippen molar-refractivity contribution in [1.82, 2.24) is 29.9 Å². The topological polar surface area (TPSA) is 120 Å². The summed E-state index contributed by atoms with van der Waals surface area (Å²) in [7, 11) is 3.64. The van der Waals surface area contributed by atoms with Crippen molar-refractivity contribution in [2.45, 2.75) is 87.6 Å². The van der Waals surface area contributed by atoms with Gasteiger partial charge in [-0.1, -0.05) is 11.2 Å². The summed E-state index contributed by atoms with van der Waals surface area (Å²) in [6, 6.07) is 5.24. The van der Waals surface area contributed by atoms with Crippen molar-refractivity contribution >= 4 is 22.9 Å². The van der Waals surface area contributed by atoms with Gasteiger partial charge in [0.25, 0.3) is 5.92 Å². The molecule has 5 heterocycles. The van der Waals surface area contributed by atoms with Crippen LogP contribution >= 0.6 is 0 Å². The van der Waals surface area contributed by atoms with Crippen molar-refractivity contribution in [3.63, 3.8) is 0 Å². The van der Waals surface area contributed by atoms with Crippen LogP contribution in [0.2, 0.25) is 0 Å². The van der Waals surface area contributed by atoms with E-state index in [4.69, 9.17) is 20.0 Å². The number of hydrogen-bond donors (Lipinski definition) is 2. The van der Waals surface area contributed by atoms with E-state index in [0.29, 0.717) is 47.6 Å². The maximum Gasteiger partial charge on any atom is 0.262 e. The lowest BCUT2D eigenvalue weighted by molar-refractivity contribution is -0.0360. The summed E-state index contributed by atoms with van der Waals surface area (Å²) in [5.74, 6) is -1.76. The largest absolute Gasteiger partial charge is 0.471 e. The number of halogens is 3. The van der Waals surface area contributed by atoms with E-state index >= 15 is 0 Å². The maximum atomic E-state index is 14.6. The van der Waals surface area contributed by atoms with Crippen molar-refractivity contribution < 1.29 is 22.4 Å². The second-order valence-corrected chi connectivity index (χ2v) is 14.1. The van der Waals surface area contributed by atoms with Crippen molar-refractivity contribution in [1.29, 1.82) is 0 Å². The Kier molecular flexibility index (Phi) is 7.55. The summed E-state index contributed by atoms with van der Waals surface area (Å²) in [6.45, 7) is 2.27. The number of aryl methyl sites for hydroxylation is 1. The number of nitrogen functional groups attached to an aromatic ring is 1. The number of nitrogens with zero attached hydrogens (tertiary/aromatic N) is 6. The van der Waals surface area contributed by atoms with Gasteiger partial charge in [0, 0.05) is 55.6 Å². The standard InChI is InChI=1S/C35H41F3N8O2/c1-19(27-11-21(36)16-45(27)3)47-33-31-28(46(18-42-31)22-13-35(37,38)17-41-14-22)12-26(43-33)30-23-5-4-9-34(32(23)48-44-30)10-8-20-6-7-25(39)24(15-40-2)29(20)34/h6-7,12,15,18-19,21-22,27,41H,4-5,8-11,13-14,16-17,39H2,1-3H3/t19-,21+,22-,27-,34-/m0/s1. The van der Waals surface area contributed by atoms with E-state index in [1.807, 2.05) is 37.2 Å². The molecule has 8 rings (SSSR count). The fraction of sp³-hybridized carbons (Fsp3) is 0.543. The van der Waals surface area contributed by atoms with Gasteiger partial charge in [-0.2, -0.15) is 0 Å². The number of rotatable bonds is 6. The second-order valence-electron chi connectivity index (χ2n) is 14.1. The number of fused-ring (bicyclic) bond motifs is 5. The number of likely N-dealkylation sites (N-methyl/N-ethyl adjacent to an activating group) is 1. The van der Waals surface area contributed by atoms with Gasteiger partial charge in [-0.05, 0) is 75.8 Å². The first-order valence-corrected chi connectivity index (χ1v) is 16.9. The molecule has 10 nitrogen and oxygen atoms in total. The Hall–Kier alpha value is -3.97. The summed E-state index contributed by atoms with van der Waals surface area (Å²) in [5, 5.41) is 7.53. The minimum absolute atomic E-state index is 0.153. The van der Waals surface area contributed by atoms with E-state index in [-0.39, 0.29) is 24.9 Å². The van der Waals surface area contributed by atoms with Crippen LogP contribution in [0.1, 0.15) is 73.1 Å². The predicted octanol–water partition coefficient (Wildman–Crippen LogP) is 5.27. The first-order valence-electron chi connectivity index (χ1n) is 16.9. The van der Waals surface area contributed by atoms with E-state index < -0.39 is 29.7 Å². The van der Waals surface area contributed by atoms with Crippen LogP contribution in [0, 0.1) is 0 Å². The number of hydrogen-bond acceptors (Lipinski definition) is 9. The fourth-order valence-corrected chi connectivity index (χ4v) is 8.84. The van der Waals surface area contributed by atoms with Crippen molar-refractivity contribution in [3.05, 3.63) is 52.5 Å². The molecule has 2 fully saturated rings. The molecule has 13 heteroatoms. The van der Waals surface area contributed by atoms with Gasteiger partial charge < -0.3 is 24.9 Å². The normalized spacial score (nSPS) is 27.6. The average Bonchev–Trinajstić information content (AvgIpc) is 3.83. The van der Waals surface area contributed by atoms with Crippen LogP contribution in [-0.2, 0) is 18.3 Å². The highest BCUT2D eigenvalue weighted by molar-refractivity contribution is 5.91. The third-order valence-electron chi connectivity index (χ3n) is 11.0. The summed E-state index contributed by atoms with van der Waals surface area (Å²) >= 11 is 0. The number of aromatic nitrogens is 4. The van der Waals surface area contributed by atoms with Gasteiger partial charge in [-0.25, -0.2) is 23.1 Å². The predicted molar refractivity (Wildman–Crippen MR) is 177 cm³/mol. The number of benzene rings is 1. The Morgan fingerprint density at radius 2 is 2.10 bits per heavy atom. The number of imidazole rings is 1. The lowest BCUT2D eigenvalue weighted by atomic mass is 9.68. The van der Waals surface area contributed by atoms with Crippen LogP contribution in [0.15, 0.2) is 34.0 Å². The molecule has 254 valence electrons. The summed E-state index contributed by atoms with van der Waals surface area (Å²) in [6.07, 6.45) is 6.46. The highest BCUT2D eigenvalue weighted by Gasteiger charge is 2.49. The van der Waals surface area contributed by atoms with Gasteiger partial charge in [-0.3, -0.25) is 9.89 Å². The van der Waals surface area contributed by atoms with Crippen molar-refractivity contribution in [2.24, 2.45) is 4.99 Å². The van der Waals surface area contributed by atoms with Crippen molar-refractivity contribution in [3.8, 4) is 17.3 Å². The van der Waals surface area contributed by atoms with Crippen LogP contribution < -0.4 is 15.8 Å². The first-order chi connectivity index (χ1) is 23.1. The smallest absolute Gasteiger partial charge is 0.262 e. The number of nitrogens with two attached hydrogens (primary N) is 1. The molecule has 2 aliphatic carbocycles. The lowest BCUT2D eigenvalue weighted by Gasteiger charge is -2.33. The van der Waals surface area contributed by atoms with Gasteiger partial charge in [0.05, 0.1) is 35.5 Å². The Bertz CT molecular complexity index is 1910. The van der Waals surface area contributed by atoms with Gasteiger partial charge in [0.2, 0.25) is 5.88 Å². The molecule has 0 radical (unpaired) electrons. The molecule has 0 saturated carbocycles. The molecule has 4 aromatic rings. The zero-order valence-corrected chi connectivity index (χ0v) is 27.5. The molecule has 4 aliphatic rings.